The summed E-state index contributed by atoms with van der Waals surface area (Å²) in [5.74, 6) is 1.85. The molecule has 92 valence electrons. The van der Waals surface area contributed by atoms with Crippen LogP contribution in [0.1, 0.15) is 58.3 Å². The van der Waals surface area contributed by atoms with E-state index in [1.54, 1.807) is 0 Å². The topological polar surface area (TPSA) is 12.0 Å². The Morgan fingerprint density at radius 1 is 1.12 bits per heavy atom. The van der Waals surface area contributed by atoms with Crippen molar-refractivity contribution in [3.63, 3.8) is 0 Å². The van der Waals surface area contributed by atoms with Crippen molar-refractivity contribution in [2.45, 2.75) is 64.3 Å². The zero-order valence-electron chi connectivity index (χ0n) is 10.8. The minimum Gasteiger partial charge on any atom is -0.314 e. The lowest BCUT2D eigenvalue weighted by Crippen LogP contribution is -2.31. The summed E-state index contributed by atoms with van der Waals surface area (Å²) in [5.41, 5.74) is 1.46. The molecule has 1 heteroatoms. The molecule has 0 bridgehead atoms. The molecule has 0 heterocycles. The second kappa shape index (κ2) is 5.86. The Morgan fingerprint density at radius 2 is 1.81 bits per heavy atom. The standard InChI is InChI=1S/C15H27N/c1-3-12(2)10-13-6-4-5-7-14(13)11-16-15-8-9-15/h13-16H,2-11H2,1H3. The fraction of sp³-hybridized carbons (Fsp3) is 0.867. The molecule has 0 radical (unpaired) electrons. The molecule has 2 unspecified atom stereocenters. The van der Waals surface area contributed by atoms with Gasteiger partial charge in [0.15, 0.2) is 0 Å². The molecular formula is C15H27N. The molecule has 2 atom stereocenters. The van der Waals surface area contributed by atoms with Crippen molar-refractivity contribution in [3.8, 4) is 0 Å². The highest BCUT2D eigenvalue weighted by Crippen LogP contribution is 2.34. The van der Waals surface area contributed by atoms with E-state index in [0.29, 0.717) is 0 Å². The maximum absolute atomic E-state index is 4.19. The van der Waals surface area contributed by atoms with Crippen LogP contribution < -0.4 is 5.32 Å². The fourth-order valence-corrected chi connectivity index (χ4v) is 2.94. The van der Waals surface area contributed by atoms with Gasteiger partial charge in [0.2, 0.25) is 0 Å². The normalized spacial score (nSPS) is 30.3. The van der Waals surface area contributed by atoms with Crippen molar-refractivity contribution >= 4 is 0 Å². The summed E-state index contributed by atoms with van der Waals surface area (Å²) in [6, 6.07) is 0.872. The highest BCUT2D eigenvalue weighted by molar-refractivity contribution is 4.97. The third-order valence-electron chi connectivity index (χ3n) is 4.36. The lowest BCUT2D eigenvalue weighted by molar-refractivity contribution is 0.227. The third-order valence-corrected chi connectivity index (χ3v) is 4.36. The number of hydrogen-bond donors (Lipinski definition) is 1. The molecule has 2 rings (SSSR count). The average molecular weight is 221 g/mol. The number of hydrogen-bond acceptors (Lipinski definition) is 1. The van der Waals surface area contributed by atoms with E-state index < -0.39 is 0 Å². The van der Waals surface area contributed by atoms with Gasteiger partial charge in [-0.15, -0.1) is 0 Å². The van der Waals surface area contributed by atoms with Gasteiger partial charge in [0.05, 0.1) is 0 Å². The molecule has 0 aliphatic heterocycles. The minimum atomic E-state index is 0.872. The highest BCUT2D eigenvalue weighted by atomic mass is 14.9. The Balaban J connectivity index is 1.77. The fourth-order valence-electron chi connectivity index (χ4n) is 2.94. The summed E-state index contributed by atoms with van der Waals surface area (Å²) >= 11 is 0. The SMILES string of the molecule is C=C(CC)CC1CCCCC1CNC1CC1. The van der Waals surface area contributed by atoms with Gasteiger partial charge in [-0.05, 0) is 56.9 Å². The second-order valence-corrected chi connectivity index (χ2v) is 5.79. The summed E-state index contributed by atoms with van der Waals surface area (Å²) < 4.78 is 0. The molecule has 2 aliphatic carbocycles. The zero-order valence-corrected chi connectivity index (χ0v) is 10.8. The van der Waals surface area contributed by atoms with Crippen LogP contribution in [0.25, 0.3) is 0 Å². The number of allylic oxidation sites excluding steroid dienone is 1. The Morgan fingerprint density at radius 3 is 2.44 bits per heavy atom. The van der Waals surface area contributed by atoms with Crippen molar-refractivity contribution in [1.29, 1.82) is 0 Å². The van der Waals surface area contributed by atoms with Gasteiger partial charge in [0.25, 0.3) is 0 Å². The van der Waals surface area contributed by atoms with Gasteiger partial charge < -0.3 is 5.32 Å². The van der Waals surface area contributed by atoms with Crippen LogP contribution in [-0.4, -0.2) is 12.6 Å². The first-order valence-electron chi connectivity index (χ1n) is 7.19. The minimum absolute atomic E-state index is 0.872. The van der Waals surface area contributed by atoms with Crippen LogP contribution in [0.15, 0.2) is 12.2 Å². The molecule has 2 fully saturated rings. The predicted octanol–water partition coefficient (Wildman–Crippen LogP) is 3.90. The molecule has 0 amide bonds. The molecule has 0 saturated heterocycles. The van der Waals surface area contributed by atoms with Crippen LogP contribution >= 0.6 is 0 Å². The molecule has 2 saturated carbocycles. The van der Waals surface area contributed by atoms with E-state index in [2.05, 4.69) is 18.8 Å². The Kier molecular flexibility index (Phi) is 4.45. The van der Waals surface area contributed by atoms with Crippen LogP contribution in [0, 0.1) is 11.8 Å². The summed E-state index contributed by atoms with van der Waals surface area (Å²) in [5, 5.41) is 3.72. The van der Waals surface area contributed by atoms with Crippen LogP contribution in [0.5, 0.6) is 0 Å². The monoisotopic (exact) mass is 221 g/mol. The van der Waals surface area contributed by atoms with E-state index in [4.69, 9.17) is 0 Å². The zero-order chi connectivity index (χ0) is 11.4. The van der Waals surface area contributed by atoms with Crippen molar-refractivity contribution < 1.29 is 0 Å². The van der Waals surface area contributed by atoms with Gasteiger partial charge in [0, 0.05) is 6.04 Å². The van der Waals surface area contributed by atoms with E-state index in [1.807, 2.05) is 0 Å². The molecule has 1 nitrogen and oxygen atoms in total. The Labute approximate surface area is 101 Å². The predicted molar refractivity (Wildman–Crippen MR) is 70.5 cm³/mol. The van der Waals surface area contributed by atoms with Crippen molar-refractivity contribution in [3.05, 3.63) is 12.2 Å². The van der Waals surface area contributed by atoms with Crippen molar-refractivity contribution in [2.75, 3.05) is 6.54 Å². The van der Waals surface area contributed by atoms with Crippen molar-refractivity contribution in [1.82, 2.24) is 5.32 Å². The summed E-state index contributed by atoms with van der Waals surface area (Å²) in [4.78, 5) is 0. The molecule has 0 aromatic carbocycles. The highest BCUT2D eigenvalue weighted by Gasteiger charge is 2.27. The first-order valence-corrected chi connectivity index (χ1v) is 7.19. The van der Waals surface area contributed by atoms with Crippen LogP contribution in [0.4, 0.5) is 0 Å². The van der Waals surface area contributed by atoms with E-state index in [9.17, 15) is 0 Å². The average Bonchev–Trinajstić information content (AvgIpc) is 3.11. The molecule has 0 aromatic heterocycles. The quantitative estimate of drug-likeness (QED) is 0.671. The molecule has 0 spiro atoms. The lowest BCUT2D eigenvalue weighted by atomic mass is 9.76. The molecular weight excluding hydrogens is 194 g/mol. The van der Waals surface area contributed by atoms with Crippen molar-refractivity contribution in [2.24, 2.45) is 11.8 Å². The molecule has 0 aromatic rings. The summed E-state index contributed by atoms with van der Waals surface area (Å²) in [7, 11) is 0. The number of nitrogens with one attached hydrogen (secondary N) is 1. The van der Waals surface area contributed by atoms with Gasteiger partial charge in [-0.25, -0.2) is 0 Å². The second-order valence-electron chi connectivity index (χ2n) is 5.79. The maximum atomic E-state index is 4.19. The van der Waals surface area contributed by atoms with Gasteiger partial charge >= 0.3 is 0 Å². The van der Waals surface area contributed by atoms with Gasteiger partial charge in [-0.1, -0.05) is 31.9 Å². The van der Waals surface area contributed by atoms with E-state index in [0.717, 1.165) is 17.9 Å². The van der Waals surface area contributed by atoms with E-state index in [1.165, 1.54) is 63.5 Å². The van der Waals surface area contributed by atoms with Gasteiger partial charge in [-0.3, -0.25) is 0 Å². The van der Waals surface area contributed by atoms with Crippen LogP contribution in [0.2, 0.25) is 0 Å². The first-order chi connectivity index (χ1) is 7.79. The van der Waals surface area contributed by atoms with Crippen LogP contribution in [-0.2, 0) is 0 Å². The van der Waals surface area contributed by atoms with E-state index >= 15 is 0 Å². The Hall–Kier alpha value is -0.300. The van der Waals surface area contributed by atoms with Crippen LogP contribution in [0.3, 0.4) is 0 Å². The molecule has 2 aliphatic rings. The summed E-state index contributed by atoms with van der Waals surface area (Å²) in [6.45, 7) is 7.70. The third kappa shape index (κ3) is 3.62. The number of rotatable bonds is 6. The molecule has 16 heavy (non-hydrogen) atoms. The lowest BCUT2D eigenvalue weighted by Gasteiger charge is -2.32. The van der Waals surface area contributed by atoms with Gasteiger partial charge in [0.1, 0.15) is 0 Å². The maximum Gasteiger partial charge on any atom is 0.00683 e. The van der Waals surface area contributed by atoms with Gasteiger partial charge in [-0.2, -0.15) is 0 Å². The van der Waals surface area contributed by atoms with E-state index in [-0.39, 0.29) is 0 Å². The molecule has 1 N–H and O–H groups in total. The largest absolute Gasteiger partial charge is 0.314 e. The smallest absolute Gasteiger partial charge is 0.00683 e. The Bertz CT molecular complexity index is 230. The summed E-state index contributed by atoms with van der Waals surface area (Å²) in [6.07, 6.45) is 11.1. The first kappa shape index (κ1) is 12.2.